The molecule has 1 aliphatic heterocycles. The minimum absolute atomic E-state index is 0.123. The molecular weight excluding hydrogens is 490 g/mol. The maximum atomic E-state index is 13.0. The van der Waals surface area contributed by atoms with Crippen LogP contribution in [0.5, 0.6) is 11.5 Å². The number of fused-ring (bicyclic) bond motifs is 1. The molecule has 3 aromatic carbocycles. The number of nitrogens with one attached hydrogen (secondary N) is 1. The molecule has 0 saturated heterocycles. The molecule has 0 spiro atoms. The summed E-state index contributed by atoms with van der Waals surface area (Å²) < 4.78 is 50.6. The van der Waals surface area contributed by atoms with Gasteiger partial charge >= 0.3 is 6.18 Å². The Balaban J connectivity index is 1.60. The van der Waals surface area contributed by atoms with Crippen molar-refractivity contribution in [2.24, 2.45) is 0 Å². The number of carbonyl (C=O) groups excluding carboxylic acids is 1. The van der Waals surface area contributed by atoms with Crippen molar-refractivity contribution in [1.29, 1.82) is 0 Å². The smallest absolute Gasteiger partial charge is 0.416 e. The van der Waals surface area contributed by atoms with Crippen molar-refractivity contribution in [3.8, 4) is 11.5 Å². The maximum absolute atomic E-state index is 13.0. The van der Waals surface area contributed by atoms with E-state index in [4.69, 9.17) is 32.7 Å². The molecule has 1 amide bonds. The number of anilines is 1. The van der Waals surface area contributed by atoms with Crippen molar-refractivity contribution in [3.63, 3.8) is 0 Å². The summed E-state index contributed by atoms with van der Waals surface area (Å²) in [6, 6.07) is 13.5. The van der Waals surface area contributed by atoms with Gasteiger partial charge in [0.1, 0.15) is 6.61 Å². The minimum Gasteiger partial charge on any atom is -0.490 e. The van der Waals surface area contributed by atoms with E-state index < -0.39 is 17.6 Å². The highest BCUT2D eigenvalue weighted by Crippen LogP contribution is 2.39. The third-order valence-corrected chi connectivity index (χ3v) is 5.83. The fourth-order valence-corrected chi connectivity index (χ4v) is 3.79. The van der Waals surface area contributed by atoms with Gasteiger partial charge in [-0.25, -0.2) is 0 Å². The number of rotatable bonds is 6. The molecule has 34 heavy (non-hydrogen) atoms. The molecule has 9 heteroatoms. The van der Waals surface area contributed by atoms with Gasteiger partial charge in [0.2, 0.25) is 0 Å². The summed E-state index contributed by atoms with van der Waals surface area (Å²) in [7, 11) is 0. The Morgan fingerprint density at radius 3 is 2.44 bits per heavy atom. The number of halogens is 5. The van der Waals surface area contributed by atoms with Gasteiger partial charge in [0.05, 0.1) is 22.2 Å². The van der Waals surface area contributed by atoms with Gasteiger partial charge in [-0.3, -0.25) is 4.79 Å². The molecular formula is C25H18Cl2F3NO3. The fraction of sp³-hybridized carbons (Fsp3) is 0.160. The first kappa shape index (κ1) is 24.0. The van der Waals surface area contributed by atoms with Crippen LogP contribution in [0.2, 0.25) is 10.0 Å². The van der Waals surface area contributed by atoms with E-state index in [0.29, 0.717) is 39.3 Å². The molecule has 0 atom stereocenters. The number of amides is 1. The molecule has 176 valence electrons. The summed E-state index contributed by atoms with van der Waals surface area (Å²) in [6.45, 7) is 2.44. The average molecular weight is 508 g/mol. The summed E-state index contributed by atoms with van der Waals surface area (Å²) in [6.07, 6.45) is -2.90. The second kappa shape index (κ2) is 9.60. The summed E-state index contributed by atoms with van der Waals surface area (Å²) in [5, 5.41) is 3.37. The number of hydrogen-bond donors (Lipinski definition) is 1. The van der Waals surface area contributed by atoms with Crippen LogP contribution in [0, 0.1) is 0 Å². The Hall–Kier alpha value is -3.16. The Labute approximate surface area is 203 Å². The molecule has 0 radical (unpaired) electrons. The molecule has 3 aromatic rings. The molecule has 0 aromatic heterocycles. The number of benzene rings is 3. The van der Waals surface area contributed by atoms with Crippen molar-refractivity contribution in [3.05, 3.63) is 86.9 Å². The Bertz CT molecular complexity index is 1290. The normalized spacial score (nSPS) is 14.2. The molecule has 1 aliphatic rings. The maximum Gasteiger partial charge on any atom is 0.416 e. The summed E-state index contributed by atoms with van der Waals surface area (Å²) in [4.78, 5) is 12.4. The molecule has 0 fully saturated rings. The zero-order valence-electron chi connectivity index (χ0n) is 17.8. The average Bonchev–Trinajstić information content (AvgIpc) is 3.09. The van der Waals surface area contributed by atoms with Crippen molar-refractivity contribution in [2.45, 2.75) is 19.7 Å². The van der Waals surface area contributed by atoms with Gasteiger partial charge < -0.3 is 14.8 Å². The molecule has 0 bridgehead atoms. The lowest BCUT2D eigenvalue weighted by Gasteiger charge is -2.13. The van der Waals surface area contributed by atoms with Crippen molar-refractivity contribution < 1.29 is 27.4 Å². The highest BCUT2D eigenvalue weighted by Gasteiger charge is 2.33. The minimum atomic E-state index is -4.49. The lowest BCUT2D eigenvalue weighted by Crippen LogP contribution is -2.06. The van der Waals surface area contributed by atoms with E-state index in [1.54, 1.807) is 42.5 Å². The van der Waals surface area contributed by atoms with E-state index >= 15 is 0 Å². The van der Waals surface area contributed by atoms with E-state index in [-0.39, 0.29) is 17.9 Å². The quantitative estimate of drug-likeness (QED) is 0.351. The van der Waals surface area contributed by atoms with Crippen LogP contribution in [0.1, 0.15) is 29.2 Å². The summed E-state index contributed by atoms with van der Waals surface area (Å²) >= 11 is 12.0. The number of carbonyl (C=O) groups is 1. The van der Waals surface area contributed by atoms with Crippen LogP contribution in [-0.4, -0.2) is 12.5 Å². The van der Waals surface area contributed by atoms with Gasteiger partial charge in [-0.05, 0) is 60.5 Å². The lowest BCUT2D eigenvalue weighted by atomic mass is 10.0. The fourth-order valence-electron chi connectivity index (χ4n) is 3.47. The largest absolute Gasteiger partial charge is 0.490 e. The first-order valence-electron chi connectivity index (χ1n) is 10.2. The lowest BCUT2D eigenvalue weighted by molar-refractivity contribution is -0.137. The predicted octanol–water partition coefficient (Wildman–Crippen LogP) is 7.48. The Morgan fingerprint density at radius 1 is 0.941 bits per heavy atom. The number of ether oxygens (including phenoxy) is 2. The van der Waals surface area contributed by atoms with E-state index in [9.17, 15) is 18.0 Å². The van der Waals surface area contributed by atoms with Gasteiger partial charge in [-0.1, -0.05) is 41.4 Å². The number of alkyl halides is 3. The van der Waals surface area contributed by atoms with Crippen LogP contribution < -0.4 is 14.8 Å². The summed E-state index contributed by atoms with van der Waals surface area (Å²) in [5.41, 5.74) is 1.41. The van der Waals surface area contributed by atoms with Gasteiger partial charge in [0.25, 0.3) is 5.91 Å². The number of hydrogen-bond acceptors (Lipinski definition) is 3. The molecule has 0 unspecified atom stereocenters. The molecule has 4 nitrogen and oxygen atoms in total. The van der Waals surface area contributed by atoms with E-state index in [1.807, 2.05) is 6.92 Å². The molecule has 1 N–H and O–H groups in total. The molecule has 0 aliphatic carbocycles. The highest BCUT2D eigenvalue weighted by molar-refractivity contribution is 6.42. The SMILES string of the molecule is CCOc1cc(/C=C2/C(=O)Nc3cc(C(F)(F)F)ccc32)ccc1OCc1ccc(Cl)c(Cl)c1. The van der Waals surface area contributed by atoms with Crippen molar-refractivity contribution in [1.82, 2.24) is 0 Å². The van der Waals surface area contributed by atoms with Crippen LogP contribution in [0.3, 0.4) is 0 Å². The van der Waals surface area contributed by atoms with Crippen LogP contribution in [-0.2, 0) is 17.6 Å². The predicted molar refractivity (Wildman–Crippen MR) is 126 cm³/mol. The third kappa shape index (κ3) is 5.16. The second-order valence-electron chi connectivity index (χ2n) is 7.45. The van der Waals surface area contributed by atoms with Crippen LogP contribution in [0.25, 0.3) is 11.6 Å². The zero-order valence-corrected chi connectivity index (χ0v) is 19.3. The third-order valence-electron chi connectivity index (χ3n) is 5.09. The van der Waals surface area contributed by atoms with Gasteiger partial charge in [0, 0.05) is 16.8 Å². The second-order valence-corrected chi connectivity index (χ2v) is 8.26. The van der Waals surface area contributed by atoms with Crippen LogP contribution in [0.4, 0.5) is 18.9 Å². The summed E-state index contributed by atoms with van der Waals surface area (Å²) in [5.74, 6) is 0.469. The van der Waals surface area contributed by atoms with Crippen LogP contribution in [0.15, 0.2) is 54.6 Å². The van der Waals surface area contributed by atoms with Gasteiger partial charge in [0.15, 0.2) is 11.5 Å². The first-order chi connectivity index (χ1) is 16.2. The van der Waals surface area contributed by atoms with Crippen molar-refractivity contribution >= 4 is 46.4 Å². The van der Waals surface area contributed by atoms with E-state index in [1.165, 1.54) is 6.07 Å². The van der Waals surface area contributed by atoms with Gasteiger partial charge in [-0.2, -0.15) is 13.2 Å². The monoisotopic (exact) mass is 507 g/mol. The first-order valence-corrected chi connectivity index (χ1v) is 11.0. The molecule has 0 saturated carbocycles. The van der Waals surface area contributed by atoms with E-state index in [0.717, 1.165) is 17.7 Å². The standard InChI is InChI=1S/C25H18Cl2F3NO3/c1-2-33-23-11-14(4-8-22(23)34-13-15-3-7-19(26)20(27)10-15)9-18-17-6-5-16(25(28,29)30)12-21(17)31-24(18)32/h3-12H,2,13H2,1H3,(H,31,32)/b18-9+. The van der Waals surface area contributed by atoms with Crippen molar-refractivity contribution in [2.75, 3.05) is 11.9 Å². The highest BCUT2D eigenvalue weighted by atomic mass is 35.5. The van der Waals surface area contributed by atoms with Gasteiger partial charge in [-0.15, -0.1) is 0 Å². The Morgan fingerprint density at radius 2 is 1.74 bits per heavy atom. The molecule has 4 rings (SSSR count). The topological polar surface area (TPSA) is 47.6 Å². The molecule has 1 heterocycles. The van der Waals surface area contributed by atoms with Crippen LogP contribution >= 0.6 is 23.2 Å². The zero-order chi connectivity index (χ0) is 24.5. The van der Waals surface area contributed by atoms with E-state index in [2.05, 4.69) is 5.32 Å². The Kier molecular flexibility index (Phi) is 6.77.